The van der Waals surface area contributed by atoms with Gasteiger partial charge in [-0.1, -0.05) is 36.4 Å². The molecule has 2 aromatic rings. The van der Waals surface area contributed by atoms with E-state index >= 15 is 0 Å². The Hall–Kier alpha value is -1.94. The molecule has 0 atom stereocenters. The van der Waals surface area contributed by atoms with Crippen LogP contribution < -0.4 is 4.74 Å². The zero-order chi connectivity index (χ0) is 12.8. The van der Waals surface area contributed by atoms with Crippen molar-refractivity contribution < 1.29 is 9.13 Å². The maximum absolute atomic E-state index is 13.2. The van der Waals surface area contributed by atoms with Crippen LogP contribution in [0.15, 0.2) is 42.6 Å². The summed E-state index contributed by atoms with van der Waals surface area (Å²) in [7, 11) is 0. The molecular formula is C13H10ClFN2O. The highest BCUT2D eigenvalue weighted by atomic mass is 35.5. The third-order valence-corrected chi connectivity index (χ3v) is 2.29. The van der Waals surface area contributed by atoms with Crippen molar-refractivity contribution in [1.29, 1.82) is 0 Å². The molecule has 0 aliphatic rings. The van der Waals surface area contributed by atoms with E-state index in [9.17, 15) is 4.39 Å². The number of halogens is 2. The lowest BCUT2D eigenvalue weighted by molar-refractivity contribution is 0.325. The van der Waals surface area contributed by atoms with Gasteiger partial charge in [-0.05, 0) is 23.2 Å². The minimum Gasteiger partial charge on any atom is -0.471 e. The first kappa shape index (κ1) is 12.5. The molecule has 0 N–H and O–H groups in total. The molecule has 0 saturated heterocycles. The van der Waals surface area contributed by atoms with Crippen molar-refractivity contribution in [2.24, 2.45) is 0 Å². The highest BCUT2D eigenvalue weighted by Crippen LogP contribution is 2.14. The zero-order valence-electron chi connectivity index (χ0n) is 9.38. The fraction of sp³-hybridized carbons (Fsp3) is 0.0769. The molecule has 92 valence electrons. The van der Waals surface area contributed by atoms with E-state index in [0.29, 0.717) is 0 Å². The Morgan fingerprint density at radius 1 is 1.28 bits per heavy atom. The molecule has 18 heavy (non-hydrogen) atoms. The summed E-state index contributed by atoms with van der Waals surface area (Å²) in [6.45, 7) is 0.207. The molecule has 0 fully saturated rings. The predicted octanol–water partition coefficient (Wildman–Crippen LogP) is 3.36. The molecule has 0 bridgehead atoms. The van der Waals surface area contributed by atoms with Crippen LogP contribution in [0.25, 0.3) is 6.08 Å². The second kappa shape index (κ2) is 6.12. The Balaban J connectivity index is 1.92. The second-order valence-electron chi connectivity index (χ2n) is 3.42. The standard InChI is InChI=1S/C13H10ClFN2O/c14-13-16-9-11(15)12(17-13)18-8-4-7-10-5-2-1-3-6-10/h1-7,9H,8H2. The summed E-state index contributed by atoms with van der Waals surface area (Å²) in [6, 6.07) is 9.72. The molecule has 3 nitrogen and oxygen atoms in total. The molecule has 5 heteroatoms. The van der Waals surface area contributed by atoms with Crippen molar-refractivity contribution in [3.05, 3.63) is 59.3 Å². The van der Waals surface area contributed by atoms with Gasteiger partial charge in [0.2, 0.25) is 11.1 Å². The van der Waals surface area contributed by atoms with Crippen LogP contribution >= 0.6 is 11.6 Å². The van der Waals surface area contributed by atoms with Crippen LogP contribution in [0.2, 0.25) is 5.28 Å². The first-order chi connectivity index (χ1) is 8.75. The van der Waals surface area contributed by atoms with Gasteiger partial charge in [0, 0.05) is 0 Å². The van der Waals surface area contributed by atoms with Gasteiger partial charge in [-0.15, -0.1) is 0 Å². The number of nitrogens with zero attached hydrogens (tertiary/aromatic N) is 2. The van der Waals surface area contributed by atoms with E-state index in [-0.39, 0.29) is 17.8 Å². The third-order valence-electron chi connectivity index (χ3n) is 2.11. The fourth-order valence-electron chi connectivity index (χ4n) is 1.31. The molecule has 2 rings (SSSR count). The Morgan fingerprint density at radius 2 is 2.06 bits per heavy atom. The predicted molar refractivity (Wildman–Crippen MR) is 68.0 cm³/mol. The van der Waals surface area contributed by atoms with Crippen LogP contribution in [-0.4, -0.2) is 16.6 Å². The molecule has 0 aliphatic heterocycles. The Labute approximate surface area is 109 Å². The maximum atomic E-state index is 13.2. The third kappa shape index (κ3) is 3.53. The number of aromatic nitrogens is 2. The highest BCUT2D eigenvalue weighted by Gasteiger charge is 2.05. The molecule has 1 aromatic heterocycles. The SMILES string of the molecule is Fc1cnc(Cl)nc1OCC=Cc1ccccc1. The maximum Gasteiger partial charge on any atom is 0.255 e. The van der Waals surface area contributed by atoms with E-state index in [1.165, 1.54) is 0 Å². The van der Waals surface area contributed by atoms with Crippen molar-refractivity contribution >= 4 is 17.7 Å². The fourth-order valence-corrected chi connectivity index (χ4v) is 1.43. The van der Waals surface area contributed by atoms with E-state index in [1.54, 1.807) is 6.08 Å². The molecule has 1 aromatic carbocycles. The van der Waals surface area contributed by atoms with Gasteiger partial charge in [-0.25, -0.2) is 4.98 Å². The lowest BCUT2D eigenvalue weighted by Crippen LogP contribution is -1.99. The van der Waals surface area contributed by atoms with Crippen LogP contribution in [0.3, 0.4) is 0 Å². The largest absolute Gasteiger partial charge is 0.471 e. The smallest absolute Gasteiger partial charge is 0.255 e. The summed E-state index contributed by atoms with van der Waals surface area (Å²) in [4.78, 5) is 7.14. The minimum atomic E-state index is -0.632. The number of hydrogen-bond donors (Lipinski definition) is 0. The molecule has 0 unspecified atom stereocenters. The summed E-state index contributed by atoms with van der Waals surface area (Å²) in [5, 5.41) is -0.0431. The highest BCUT2D eigenvalue weighted by molar-refractivity contribution is 6.28. The average Bonchev–Trinajstić information content (AvgIpc) is 2.40. The van der Waals surface area contributed by atoms with Crippen LogP contribution in [0.1, 0.15) is 5.56 Å². The Morgan fingerprint density at radius 3 is 2.83 bits per heavy atom. The van der Waals surface area contributed by atoms with Crippen molar-refractivity contribution in [2.45, 2.75) is 0 Å². The molecule has 0 aliphatic carbocycles. The number of hydrogen-bond acceptors (Lipinski definition) is 3. The van der Waals surface area contributed by atoms with Crippen LogP contribution in [0.4, 0.5) is 4.39 Å². The molecule has 0 amide bonds. The van der Waals surface area contributed by atoms with Crippen LogP contribution in [0, 0.1) is 5.82 Å². The quantitative estimate of drug-likeness (QED) is 0.794. The summed E-state index contributed by atoms with van der Waals surface area (Å²) in [5.41, 5.74) is 1.04. The molecule has 0 radical (unpaired) electrons. The van der Waals surface area contributed by atoms with Gasteiger partial charge in [0.1, 0.15) is 6.61 Å². The summed E-state index contributed by atoms with van der Waals surface area (Å²) < 4.78 is 18.3. The van der Waals surface area contributed by atoms with Crippen molar-refractivity contribution in [3.8, 4) is 5.88 Å². The van der Waals surface area contributed by atoms with Gasteiger partial charge >= 0.3 is 0 Å². The lowest BCUT2D eigenvalue weighted by Gasteiger charge is -2.02. The van der Waals surface area contributed by atoms with Gasteiger partial charge in [0.05, 0.1) is 6.20 Å². The van der Waals surface area contributed by atoms with Gasteiger partial charge in [0.15, 0.2) is 0 Å². The number of rotatable bonds is 4. The van der Waals surface area contributed by atoms with Crippen molar-refractivity contribution in [2.75, 3.05) is 6.61 Å². The van der Waals surface area contributed by atoms with E-state index in [2.05, 4.69) is 9.97 Å². The van der Waals surface area contributed by atoms with Crippen molar-refractivity contribution in [1.82, 2.24) is 9.97 Å². The lowest BCUT2D eigenvalue weighted by atomic mass is 10.2. The molecule has 1 heterocycles. The summed E-state index contributed by atoms with van der Waals surface area (Å²) in [5.74, 6) is -0.778. The van der Waals surface area contributed by atoms with Gasteiger partial charge in [0.25, 0.3) is 5.88 Å². The Kier molecular flexibility index (Phi) is 4.25. The number of ether oxygens (including phenoxy) is 1. The topological polar surface area (TPSA) is 35.0 Å². The van der Waals surface area contributed by atoms with Crippen LogP contribution in [-0.2, 0) is 0 Å². The van der Waals surface area contributed by atoms with Gasteiger partial charge < -0.3 is 4.74 Å². The normalized spacial score (nSPS) is 10.8. The number of benzene rings is 1. The first-order valence-electron chi connectivity index (χ1n) is 5.28. The minimum absolute atomic E-state index is 0.0431. The van der Waals surface area contributed by atoms with E-state index in [4.69, 9.17) is 16.3 Å². The first-order valence-corrected chi connectivity index (χ1v) is 5.66. The summed E-state index contributed by atoms with van der Waals surface area (Å²) >= 11 is 5.54. The summed E-state index contributed by atoms with van der Waals surface area (Å²) in [6.07, 6.45) is 4.62. The van der Waals surface area contributed by atoms with E-state index in [0.717, 1.165) is 11.8 Å². The van der Waals surface area contributed by atoms with Gasteiger partial charge in [-0.2, -0.15) is 9.37 Å². The molecule has 0 spiro atoms. The van der Waals surface area contributed by atoms with E-state index in [1.807, 2.05) is 36.4 Å². The van der Waals surface area contributed by atoms with Crippen LogP contribution in [0.5, 0.6) is 5.88 Å². The van der Waals surface area contributed by atoms with Crippen molar-refractivity contribution in [3.63, 3.8) is 0 Å². The molecule has 0 saturated carbocycles. The zero-order valence-corrected chi connectivity index (χ0v) is 10.1. The van der Waals surface area contributed by atoms with E-state index < -0.39 is 5.82 Å². The molecular weight excluding hydrogens is 255 g/mol. The van der Waals surface area contributed by atoms with Gasteiger partial charge in [-0.3, -0.25) is 0 Å². The second-order valence-corrected chi connectivity index (χ2v) is 3.75. The monoisotopic (exact) mass is 264 g/mol. The average molecular weight is 265 g/mol. The Bertz CT molecular complexity index is 546.